The molecule has 1 aliphatic carbocycles. The van der Waals surface area contributed by atoms with E-state index in [-0.39, 0.29) is 11.9 Å². The van der Waals surface area contributed by atoms with Crippen LogP contribution < -0.4 is 10.6 Å². The Labute approximate surface area is 143 Å². The third kappa shape index (κ3) is 4.49. The lowest BCUT2D eigenvalue weighted by Crippen LogP contribution is -2.42. The Balaban J connectivity index is 1.52. The number of urea groups is 1. The summed E-state index contributed by atoms with van der Waals surface area (Å²) in [7, 11) is 0. The number of carbonyl (C=O) groups is 2. The number of hydrogen-bond donors (Lipinski definition) is 2. The molecular weight excluding hydrogens is 302 g/mol. The second kappa shape index (κ2) is 8.18. The van der Waals surface area contributed by atoms with Crippen molar-refractivity contribution in [3.8, 4) is 0 Å². The molecule has 3 amide bonds. The number of hydrogen-bond acceptors (Lipinski definition) is 2. The molecule has 1 aromatic carbocycles. The standard InChI is InChI=1S/C19H27N3O2/c23-18-11-6-12-22(18)14-16-8-5-4-7-15(16)13-20-19(24)21-17-9-2-1-3-10-17/h4-5,7-8,17H,1-3,6,9-14H2,(H2,20,21,24). The quantitative estimate of drug-likeness (QED) is 0.872. The highest BCUT2D eigenvalue weighted by molar-refractivity contribution is 5.78. The van der Waals surface area contributed by atoms with E-state index in [1.54, 1.807) is 0 Å². The van der Waals surface area contributed by atoms with Gasteiger partial charge in [0.15, 0.2) is 0 Å². The van der Waals surface area contributed by atoms with Crippen molar-refractivity contribution >= 4 is 11.9 Å². The SMILES string of the molecule is O=C(NCc1ccccc1CN1CCCC1=O)NC1CCCCC1. The van der Waals surface area contributed by atoms with E-state index in [1.165, 1.54) is 19.3 Å². The maximum absolute atomic E-state index is 12.1. The Kier molecular flexibility index (Phi) is 5.72. The number of nitrogens with one attached hydrogen (secondary N) is 2. The molecule has 2 aliphatic rings. The zero-order chi connectivity index (χ0) is 16.8. The summed E-state index contributed by atoms with van der Waals surface area (Å²) < 4.78 is 0. The molecule has 0 unspecified atom stereocenters. The third-order valence-electron chi connectivity index (χ3n) is 5.03. The smallest absolute Gasteiger partial charge is 0.315 e. The average molecular weight is 329 g/mol. The first-order chi connectivity index (χ1) is 11.7. The fourth-order valence-corrected chi connectivity index (χ4v) is 3.62. The fraction of sp³-hybridized carbons (Fsp3) is 0.579. The summed E-state index contributed by atoms with van der Waals surface area (Å²) in [5, 5.41) is 6.04. The van der Waals surface area contributed by atoms with Gasteiger partial charge in [0.25, 0.3) is 0 Å². The van der Waals surface area contributed by atoms with Gasteiger partial charge in [0, 0.05) is 32.1 Å². The Hall–Kier alpha value is -2.04. The van der Waals surface area contributed by atoms with Crippen molar-refractivity contribution in [1.29, 1.82) is 0 Å². The summed E-state index contributed by atoms with van der Waals surface area (Å²) in [6, 6.07) is 8.26. The molecule has 130 valence electrons. The first-order valence-electron chi connectivity index (χ1n) is 9.11. The highest BCUT2D eigenvalue weighted by Gasteiger charge is 2.21. The van der Waals surface area contributed by atoms with Crippen LogP contribution >= 0.6 is 0 Å². The molecular formula is C19H27N3O2. The molecule has 0 spiro atoms. The molecule has 5 heteroatoms. The highest BCUT2D eigenvalue weighted by Crippen LogP contribution is 2.18. The predicted molar refractivity (Wildman–Crippen MR) is 93.3 cm³/mol. The van der Waals surface area contributed by atoms with Gasteiger partial charge in [-0.05, 0) is 30.4 Å². The summed E-state index contributed by atoms with van der Waals surface area (Å²) in [4.78, 5) is 25.8. The first kappa shape index (κ1) is 16.8. The summed E-state index contributed by atoms with van der Waals surface area (Å²) in [5.41, 5.74) is 2.20. The Morgan fingerprint density at radius 2 is 1.83 bits per heavy atom. The van der Waals surface area contributed by atoms with E-state index in [0.29, 0.717) is 25.6 Å². The largest absolute Gasteiger partial charge is 0.338 e. The van der Waals surface area contributed by atoms with Gasteiger partial charge in [-0.2, -0.15) is 0 Å². The summed E-state index contributed by atoms with van der Waals surface area (Å²) in [6.45, 7) is 1.97. The molecule has 1 heterocycles. The number of amides is 3. The molecule has 5 nitrogen and oxygen atoms in total. The molecule has 1 aliphatic heterocycles. The van der Waals surface area contributed by atoms with Crippen LogP contribution in [0.2, 0.25) is 0 Å². The van der Waals surface area contributed by atoms with E-state index in [1.807, 2.05) is 29.2 Å². The molecule has 3 rings (SSSR count). The molecule has 1 saturated carbocycles. The molecule has 2 fully saturated rings. The fourth-order valence-electron chi connectivity index (χ4n) is 3.62. The van der Waals surface area contributed by atoms with Crippen molar-refractivity contribution < 1.29 is 9.59 Å². The van der Waals surface area contributed by atoms with Gasteiger partial charge < -0.3 is 15.5 Å². The summed E-state index contributed by atoms with van der Waals surface area (Å²) >= 11 is 0. The Bertz CT molecular complexity index is 582. The zero-order valence-electron chi connectivity index (χ0n) is 14.2. The minimum atomic E-state index is -0.0889. The molecule has 1 aromatic rings. The molecule has 24 heavy (non-hydrogen) atoms. The van der Waals surface area contributed by atoms with Crippen LogP contribution in [0.15, 0.2) is 24.3 Å². The van der Waals surface area contributed by atoms with Crippen LogP contribution in [-0.4, -0.2) is 29.4 Å². The van der Waals surface area contributed by atoms with Gasteiger partial charge in [0.2, 0.25) is 5.91 Å². The lowest BCUT2D eigenvalue weighted by atomic mass is 9.96. The Morgan fingerprint density at radius 1 is 1.08 bits per heavy atom. The zero-order valence-corrected chi connectivity index (χ0v) is 14.2. The van der Waals surface area contributed by atoms with Crippen molar-refractivity contribution in [2.24, 2.45) is 0 Å². The van der Waals surface area contributed by atoms with Crippen molar-refractivity contribution in [3.05, 3.63) is 35.4 Å². The monoisotopic (exact) mass is 329 g/mol. The minimum absolute atomic E-state index is 0.0889. The molecule has 2 N–H and O–H groups in total. The number of nitrogens with zero attached hydrogens (tertiary/aromatic N) is 1. The van der Waals surface area contributed by atoms with Crippen molar-refractivity contribution in [2.75, 3.05) is 6.54 Å². The molecule has 1 saturated heterocycles. The lowest BCUT2D eigenvalue weighted by molar-refractivity contribution is -0.128. The average Bonchev–Trinajstić information content (AvgIpc) is 3.00. The predicted octanol–water partition coefficient (Wildman–Crippen LogP) is 2.94. The van der Waals surface area contributed by atoms with E-state index in [4.69, 9.17) is 0 Å². The van der Waals surface area contributed by atoms with Crippen molar-refractivity contribution in [2.45, 2.75) is 64.1 Å². The summed E-state index contributed by atoms with van der Waals surface area (Å²) in [5.74, 6) is 0.229. The first-order valence-corrected chi connectivity index (χ1v) is 9.11. The second-order valence-electron chi connectivity index (χ2n) is 6.85. The van der Waals surface area contributed by atoms with Gasteiger partial charge >= 0.3 is 6.03 Å². The second-order valence-corrected chi connectivity index (χ2v) is 6.85. The molecule has 0 radical (unpaired) electrons. The molecule has 0 aromatic heterocycles. The lowest BCUT2D eigenvalue weighted by Gasteiger charge is -2.23. The van der Waals surface area contributed by atoms with E-state index >= 15 is 0 Å². The van der Waals surface area contributed by atoms with Crippen LogP contribution in [-0.2, 0) is 17.9 Å². The van der Waals surface area contributed by atoms with E-state index < -0.39 is 0 Å². The van der Waals surface area contributed by atoms with Crippen LogP contribution in [0.5, 0.6) is 0 Å². The van der Waals surface area contributed by atoms with Gasteiger partial charge in [0.05, 0.1) is 0 Å². The number of rotatable bonds is 5. The van der Waals surface area contributed by atoms with Gasteiger partial charge in [-0.3, -0.25) is 4.79 Å². The van der Waals surface area contributed by atoms with Gasteiger partial charge in [-0.15, -0.1) is 0 Å². The van der Waals surface area contributed by atoms with E-state index in [9.17, 15) is 9.59 Å². The van der Waals surface area contributed by atoms with Crippen LogP contribution in [0, 0.1) is 0 Å². The summed E-state index contributed by atoms with van der Waals surface area (Å²) in [6.07, 6.45) is 7.47. The van der Waals surface area contributed by atoms with E-state index in [0.717, 1.165) is 36.9 Å². The van der Waals surface area contributed by atoms with Crippen LogP contribution in [0.3, 0.4) is 0 Å². The topological polar surface area (TPSA) is 61.4 Å². The normalized spacial score (nSPS) is 18.7. The molecule has 0 atom stereocenters. The molecule has 0 bridgehead atoms. The Morgan fingerprint density at radius 3 is 2.54 bits per heavy atom. The van der Waals surface area contributed by atoms with E-state index in [2.05, 4.69) is 10.6 Å². The van der Waals surface area contributed by atoms with Crippen LogP contribution in [0.4, 0.5) is 4.79 Å². The highest BCUT2D eigenvalue weighted by atomic mass is 16.2. The van der Waals surface area contributed by atoms with Crippen LogP contribution in [0.1, 0.15) is 56.1 Å². The number of carbonyl (C=O) groups excluding carboxylic acids is 2. The third-order valence-corrected chi connectivity index (χ3v) is 5.03. The maximum atomic E-state index is 12.1. The maximum Gasteiger partial charge on any atom is 0.315 e. The van der Waals surface area contributed by atoms with Crippen LogP contribution in [0.25, 0.3) is 0 Å². The number of likely N-dealkylation sites (tertiary alicyclic amines) is 1. The van der Waals surface area contributed by atoms with Gasteiger partial charge in [-0.25, -0.2) is 4.79 Å². The van der Waals surface area contributed by atoms with Crippen molar-refractivity contribution in [1.82, 2.24) is 15.5 Å². The van der Waals surface area contributed by atoms with Crippen molar-refractivity contribution in [3.63, 3.8) is 0 Å². The van der Waals surface area contributed by atoms with Gasteiger partial charge in [-0.1, -0.05) is 43.5 Å². The minimum Gasteiger partial charge on any atom is -0.338 e. The number of benzene rings is 1. The van der Waals surface area contributed by atoms with Gasteiger partial charge in [0.1, 0.15) is 0 Å².